The fraction of sp³-hybridized carbons (Fsp3) is 0.429. The van der Waals surface area contributed by atoms with Crippen LogP contribution in [0.2, 0.25) is 0 Å². The van der Waals surface area contributed by atoms with Crippen LogP contribution in [0.3, 0.4) is 0 Å². The van der Waals surface area contributed by atoms with E-state index in [9.17, 15) is 9.59 Å². The number of ether oxygens (including phenoxy) is 2. The lowest BCUT2D eigenvalue weighted by molar-refractivity contribution is -0.136. The Labute approximate surface area is 64.5 Å². The van der Waals surface area contributed by atoms with Gasteiger partial charge in [-0.15, -0.1) is 0 Å². The summed E-state index contributed by atoms with van der Waals surface area (Å²) in [7, 11) is 0. The number of hydrogen-bond donors (Lipinski definition) is 0. The molecule has 0 rings (SSSR count). The molecule has 0 bridgehead atoms. The van der Waals surface area contributed by atoms with Crippen molar-refractivity contribution in [2.45, 2.75) is 6.92 Å². The number of esters is 1. The molecular formula is C7H8O4. The summed E-state index contributed by atoms with van der Waals surface area (Å²) < 4.78 is 8.67. The van der Waals surface area contributed by atoms with Crippen molar-refractivity contribution in [3.63, 3.8) is 0 Å². The number of carbonyl (C=O) groups is 2. The van der Waals surface area contributed by atoms with Gasteiger partial charge >= 0.3 is 5.97 Å². The minimum absolute atomic E-state index is 0.0810. The van der Waals surface area contributed by atoms with E-state index in [1.807, 2.05) is 0 Å². The Balaban J connectivity index is 3.51. The lowest BCUT2D eigenvalue weighted by Gasteiger charge is -1.90. The van der Waals surface area contributed by atoms with Gasteiger partial charge in [0.15, 0.2) is 6.61 Å². The molecule has 0 atom stereocenters. The van der Waals surface area contributed by atoms with Gasteiger partial charge in [-0.25, -0.2) is 4.79 Å². The van der Waals surface area contributed by atoms with Crippen LogP contribution in [0.1, 0.15) is 6.92 Å². The normalized spacial score (nSPS) is 7.36. The topological polar surface area (TPSA) is 52.6 Å². The van der Waals surface area contributed by atoms with E-state index in [-0.39, 0.29) is 13.1 Å². The highest BCUT2D eigenvalue weighted by atomic mass is 16.5. The lowest BCUT2D eigenvalue weighted by Crippen LogP contribution is -2.00. The zero-order valence-corrected chi connectivity index (χ0v) is 6.12. The van der Waals surface area contributed by atoms with E-state index in [1.54, 1.807) is 6.92 Å². The van der Waals surface area contributed by atoms with E-state index < -0.39 is 5.97 Å². The van der Waals surface area contributed by atoms with Crippen molar-refractivity contribution in [3.05, 3.63) is 0 Å². The summed E-state index contributed by atoms with van der Waals surface area (Å²) in [5.74, 6) is 3.81. The van der Waals surface area contributed by atoms with Gasteiger partial charge in [-0.3, -0.25) is 4.79 Å². The van der Waals surface area contributed by atoms with Gasteiger partial charge in [0.2, 0.25) is 0 Å². The van der Waals surface area contributed by atoms with Gasteiger partial charge in [-0.2, -0.15) is 0 Å². The summed E-state index contributed by atoms with van der Waals surface area (Å²) in [5.41, 5.74) is 0. The molecule has 0 aromatic carbocycles. The molecule has 0 N–H and O–H groups in total. The van der Waals surface area contributed by atoms with Crippen molar-refractivity contribution in [2.75, 3.05) is 13.2 Å². The van der Waals surface area contributed by atoms with E-state index in [0.717, 1.165) is 0 Å². The monoisotopic (exact) mass is 156 g/mol. The average Bonchev–Trinajstić information content (AvgIpc) is 1.99. The Kier molecular flexibility index (Phi) is 5.72. The first-order valence-corrected chi connectivity index (χ1v) is 3.02. The van der Waals surface area contributed by atoms with Crippen LogP contribution in [0.25, 0.3) is 0 Å². The maximum Gasteiger partial charge on any atom is 0.384 e. The first-order chi connectivity index (χ1) is 5.31. The predicted molar refractivity (Wildman–Crippen MR) is 36.4 cm³/mol. The van der Waals surface area contributed by atoms with Crippen LogP contribution in [-0.4, -0.2) is 25.7 Å². The molecular weight excluding hydrogens is 148 g/mol. The van der Waals surface area contributed by atoms with Crippen molar-refractivity contribution in [1.82, 2.24) is 0 Å². The van der Waals surface area contributed by atoms with Crippen LogP contribution in [-0.2, 0) is 19.1 Å². The van der Waals surface area contributed by atoms with Crippen molar-refractivity contribution < 1.29 is 19.1 Å². The Hall–Kier alpha value is -1.50. The number of hydrogen-bond acceptors (Lipinski definition) is 4. The summed E-state index contributed by atoms with van der Waals surface area (Å²) in [4.78, 5) is 20.0. The first-order valence-electron chi connectivity index (χ1n) is 3.02. The quantitative estimate of drug-likeness (QED) is 0.185. The average molecular weight is 156 g/mol. The SMILES string of the molecule is CCOC(=O)C#CCOC=O. The molecule has 4 heteroatoms. The van der Waals surface area contributed by atoms with E-state index in [4.69, 9.17) is 0 Å². The van der Waals surface area contributed by atoms with Crippen LogP contribution >= 0.6 is 0 Å². The van der Waals surface area contributed by atoms with Gasteiger partial charge in [0.25, 0.3) is 6.47 Å². The fourth-order valence-electron chi connectivity index (χ4n) is 0.351. The summed E-state index contributed by atoms with van der Waals surface area (Å²) >= 11 is 0. The maximum absolute atomic E-state index is 10.5. The maximum atomic E-state index is 10.5. The highest BCUT2D eigenvalue weighted by Crippen LogP contribution is 1.73. The van der Waals surface area contributed by atoms with Crippen LogP contribution in [0.4, 0.5) is 0 Å². The van der Waals surface area contributed by atoms with Crippen molar-refractivity contribution in [2.24, 2.45) is 0 Å². The molecule has 0 fully saturated rings. The molecule has 0 spiro atoms. The van der Waals surface area contributed by atoms with E-state index >= 15 is 0 Å². The largest absolute Gasteiger partial charge is 0.456 e. The second kappa shape index (κ2) is 6.62. The van der Waals surface area contributed by atoms with Crippen molar-refractivity contribution in [1.29, 1.82) is 0 Å². The highest BCUT2D eigenvalue weighted by Gasteiger charge is 1.90. The Morgan fingerprint density at radius 2 is 2.36 bits per heavy atom. The standard InChI is InChI=1S/C7H8O4/c1-2-11-7(9)4-3-5-10-6-8/h6H,2,5H2,1H3. The summed E-state index contributed by atoms with van der Waals surface area (Å²) in [6, 6.07) is 0. The van der Waals surface area contributed by atoms with Crippen LogP contribution in [0, 0.1) is 11.8 Å². The Morgan fingerprint density at radius 1 is 1.64 bits per heavy atom. The second-order valence-corrected chi connectivity index (χ2v) is 1.43. The van der Waals surface area contributed by atoms with Crippen LogP contribution in [0.15, 0.2) is 0 Å². The molecule has 0 unspecified atom stereocenters. The molecule has 4 nitrogen and oxygen atoms in total. The third kappa shape index (κ3) is 6.38. The van der Waals surface area contributed by atoms with Crippen LogP contribution < -0.4 is 0 Å². The minimum Gasteiger partial charge on any atom is -0.456 e. The minimum atomic E-state index is -0.609. The Morgan fingerprint density at radius 3 is 2.91 bits per heavy atom. The van der Waals surface area contributed by atoms with Crippen molar-refractivity contribution >= 4 is 12.4 Å². The van der Waals surface area contributed by atoms with Crippen molar-refractivity contribution in [3.8, 4) is 11.8 Å². The Bertz CT molecular complexity index is 186. The second-order valence-electron chi connectivity index (χ2n) is 1.43. The molecule has 0 radical (unpaired) electrons. The number of carbonyl (C=O) groups excluding carboxylic acids is 2. The van der Waals surface area contributed by atoms with Gasteiger partial charge in [0.05, 0.1) is 6.61 Å². The van der Waals surface area contributed by atoms with Gasteiger partial charge in [-0.1, -0.05) is 0 Å². The smallest absolute Gasteiger partial charge is 0.384 e. The first kappa shape index (κ1) is 9.50. The zero-order chi connectivity index (χ0) is 8.53. The number of rotatable bonds is 3. The molecule has 11 heavy (non-hydrogen) atoms. The molecule has 0 saturated heterocycles. The molecule has 0 aliphatic heterocycles. The lowest BCUT2D eigenvalue weighted by atomic mass is 10.6. The van der Waals surface area contributed by atoms with Gasteiger partial charge < -0.3 is 9.47 Å². The third-order valence-corrected chi connectivity index (χ3v) is 0.689. The van der Waals surface area contributed by atoms with Gasteiger partial charge in [-0.05, 0) is 12.8 Å². The predicted octanol–water partition coefficient (Wildman–Crippen LogP) is -0.274. The fourth-order valence-corrected chi connectivity index (χ4v) is 0.351. The molecule has 0 saturated carbocycles. The summed E-state index contributed by atoms with van der Waals surface area (Å²) in [6.07, 6.45) is 0. The molecule has 0 aliphatic carbocycles. The molecule has 0 aliphatic rings. The molecule has 0 amide bonds. The highest BCUT2D eigenvalue weighted by molar-refractivity contribution is 5.88. The third-order valence-electron chi connectivity index (χ3n) is 0.689. The molecule has 0 aromatic heterocycles. The molecule has 60 valence electrons. The zero-order valence-electron chi connectivity index (χ0n) is 6.12. The van der Waals surface area contributed by atoms with Gasteiger partial charge in [0.1, 0.15) is 0 Å². The van der Waals surface area contributed by atoms with Gasteiger partial charge in [0, 0.05) is 5.92 Å². The van der Waals surface area contributed by atoms with Crippen LogP contribution in [0.5, 0.6) is 0 Å². The summed E-state index contributed by atoms with van der Waals surface area (Å²) in [6.45, 7) is 2.16. The molecule has 0 heterocycles. The molecule has 0 aromatic rings. The van der Waals surface area contributed by atoms with E-state index in [0.29, 0.717) is 6.61 Å². The van der Waals surface area contributed by atoms with E-state index in [1.165, 1.54) is 0 Å². The van der Waals surface area contributed by atoms with E-state index in [2.05, 4.69) is 21.3 Å². The summed E-state index contributed by atoms with van der Waals surface area (Å²) in [5, 5.41) is 0.